The Morgan fingerprint density at radius 3 is 2.52 bits per heavy atom. The van der Waals surface area contributed by atoms with Crippen molar-refractivity contribution in [2.75, 3.05) is 6.26 Å². The number of aromatic nitrogens is 1. The summed E-state index contributed by atoms with van der Waals surface area (Å²) in [5, 5.41) is 24.8. The van der Waals surface area contributed by atoms with E-state index < -0.39 is 16.8 Å². The Bertz CT molecular complexity index is 804. The van der Waals surface area contributed by atoms with Gasteiger partial charge in [0.25, 0.3) is 0 Å². The molecule has 1 unspecified atom stereocenters. The maximum absolute atomic E-state index is 11.7. The van der Waals surface area contributed by atoms with Crippen molar-refractivity contribution in [1.82, 2.24) is 4.98 Å². The van der Waals surface area contributed by atoms with E-state index in [0.29, 0.717) is 4.90 Å². The molecule has 0 radical (unpaired) electrons. The number of oxime groups is 1. The van der Waals surface area contributed by atoms with E-state index in [1.54, 1.807) is 6.07 Å². The van der Waals surface area contributed by atoms with Gasteiger partial charge in [0, 0.05) is 17.8 Å². The molecule has 2 aromatic rings. The zero-order chi connectivity index (χ0) is 18.8. The molecular formula is C17H19ClN2O4S. The fraction of sp³-hybridized carbons (Fsp3) is 0.294. The molecule has 1 aromatic heterocycles. The highest BCUT2D eigenvalue weighted by Gasteiger charge is 2.23. The van der Waals surface area contributed by atoms with Gasteiger partial charge in [-0.2, -0.15) is 0 Å². The summed E-state index contributed by atoms with van der Waals surface area (Å²) in [6.45, 7) is 5.42. The van der Waals surface area contributed by atoms with Crippen LogP contribution in [0.2, 0.25) is 5.02 Å². The predicted molar refractivity (Wildman–Crippen MR) is 97.8 cm³/mol. The predicted octanol–water partition coefficient (Wildman–Crippen LogP) is 3.45. The van der Waals surface area contributed by atoms with Crippen LogP contribution in [-0.2, 0) is 16.0 Å². The number of hydrogen-bond donors (Lipinski definition) is 2. The molecule has 134 valence electrons. The van der Waals surface area contributed by atoms with E-state index in [4.69, 9.17) is 16.4 Å². The molecule has 0 saturated heterocycles. The molecule has 1 heterocycles. The molecule has 1 atom stereocenters. The van der Waals surface area contributed by atoms with Crippen molar-refractivity contribution in [2.24, 2.45) is 5.16 Å². The number of phenols is 1. The number of aromatic hydroxyl groups is 2. The van der Waals surface area contributed by atoms with Gasteiger partial charge in [-0.3, -0.25) is 4.98 Å². The molecule has 0 aliphatic rings. The Morgan fingerprint density at radius 1 is 1.28 bits per heavy atom. The Balaban J connectivity index is 2.65. The third-order valence-electron chi connectivity index (χ3n) is 3.04. The first kappa shape index (κ1) is 19.4. The van der Waals surface area contributed by atoms with Crippen molar-refractivity contribution in [1.29, 1.82) is 0 Å². The van der Waals surface area contributed by atoms with Gasteiger partial charge in [0.2, 0.25) is 0 Å². The second-order valence-corrected chi connectivity index (χ2v) is 8.02. The van der Waals surface area contributed by atoms with Crippen molar-refractivity contribution >= 4 is 28.5 Å². The summed E-state index contributed by atoms with van der Waals surface area (Å²) in [4.78, 5) is 9.86. The molecule has 0 amide bonds. The molecule has 0 spiro atoms. The summed E-state index contributed by atoms with van der Waals surface area (Å²) in [7, 11) is 0. The van der Waals surface area contributed by atoms with Crippen LogP contribution < -0.4 is 0 Å². The van der Waals surface area contributed by atoms with E-state index in [2.05, 4.69) is 10.1 Å². The minimum absolute atomic E-state index is 0.112. The van der Waals surface area contributed by atoms with Crippen molar-refractivity contribution in [2.45, 2.75) is 31.3 Å². The number of phenolic OH excluding ortho intramolecular Hbond substituents is 1. The monoisotopic (exact) mass is 382 g/mol. The highest BCUT2D eigenvalue weighted by Crippen LogP contribution is 2.32. The largest absolute Gasteiger partial charge is 0.612 e. The second-order valence-electron chi connectivity index (χ2n) is 6.27. The van der Waals surface area contributed by atoms with Gasteiger partial charge in [-0.15, -0.1) is 0 Å². The lowest BCUT2D eigenvalue weighted by Gasteiger charge is -2.18. The first-order valence-electron chi connectivity index (χ1n) is 7.37. The van der Waals surface area contributed by atoms with Gasteiger partial charge in [-0.1, -0.05) is 16.8 Å². The van der Waals surface area contributed by atoms with E-state index in [-0.39, 0.29) is 33.5 Å². The average molecular weight is 383 g/mol. The van der Waals surface area contributed by atoms with Crippen molar-refractivity contribution in [3.05, 3.63) is 46.7 Å². The van der Waals surface area contributed by atoms with E-state index >= 15 is 0 Å². The lowest BCUT2D eigenvalue weighted by Crippen LogP contribution is -2.18. The summed E-state index contributed by atoms with van der Waals surface area (Å²) in [6.07, 6.45) is 2.94. The quantitative estimate of drug-likeness (QED) is 0.479. The summed E-state index contributed by atoms with van der Waals surface area (Å²) >= 11 is 4.81. The van der Waals surface area contributed by atoms with E-state index in [9.17, 15) is 14.8 Å². The molecular weight excluding hydrogens is 364 g/mol. The first-order valence-corrected chi connectivity index (χ1v) is 9.30. The molecule has 2 N–H and O–H groups in total. The molecule has 0 aliphatic carbocycles. The summed E-state index contributed by atoms with van der Waals surface area (Å²) < 4.78 is 11.7. The topological polar surface area (TPSA) is 98.0 Å². The maximum atomic E-state index is 11.7. The third-order valence-corrected chi connectivity index (χ3v) is 4.42. The smallest absolute Gasteiger partial charge is 0.174 e. The number of pyridine rings is 1. The van der Waals surface area contributed by atoms with Gasteiger partial charge >= 0.3 is 0 Å². The SMILES string of the molecule is C[S+]([O-])c1cc(O)c(C(=NOC(C)(C)C)c2ncccc2O)cc1Cl. The normalized spacial score (nSPS) is 13.6. The van der Waals surface area contributed by atoms with E-state index in [1.807, 2.05) is 20.8 Å². The fourth-order valence-corrected chi connectivity index (χ4v) is 3.04. The Hall–Kier alpha value is -1.96. The zero-order valence-electron chi connectivity index (χ0n) is 14.3. The van der Waals surface area contributed by atoms with Crippen molar-refractivity contribution in [3.63, 3.8) is 0 Å². The van der Waals surface area contributed by atoms with Gasteiger partial charge in [0.1, 0.15) is 34.8 Å². The number of rotatable bonds is 4. The van der Waals surface area contributed by atoms with E-state index in [0.717, 1.165) is 0 Å². The lowest BCUT2D eigenvalue weighted by molar-refractivity contribution is 0.00109. The number of benzene rings is 1. The second kappa shape index (κ2) is 7.51. The maximum Gasteiger partial charge on any atom is 0.174 e. The minimum Gasteiger partial charge on any atom is -0.612 e. The summed E-state index contributed by atoms with van der Waals surface area (Å²) in [5.74, 6) is -0.326. The van der Waals surface area contributed by atoms with Gasteiger partial charge < -0.3 is 19.6 Å². The zero-order valence-corrected chi connectivity index (χ0v) is 15.9. The first-order chi connectivity index (χ1) is 11.6. The van der Waals surface area contributed by atoms with Crippen LogP contribution >= 0.6 is 11.6 Å². The van der Waals surface area contributed by atoms with Crippen molar-refractivity contribution < 1.29 is 19.6 Å². The molecule has 25 heavy (non-hydrogen) atoms. The molecule has 0 aliphatic heterocycles. The standard InChI is InChI=1S/C17H19ClN2O4S/c1-17(2,3)24-20-15(16-12(21)6-5-7-19-16)10-8-11(18)14(25(4)23)9-13(10)22/h5-9,21-22H,1-4H3. The van der Waals surface area contributed by atoms with Gasteiger partial charge in [0.05, 0.1) is 5.02 Å². The summed E-state index contributed by atoms with van der Waals surface area (Å²) in [6, 6.07) is 5.74. The van der Waals surface area contributed by atoms with Gasteiger partial charge in [-0.05, 0) is 50.1 Å². The fourth-order valence-electron chi connectivity index (χ4n) is 1.93. The molecule has 0 bridgehead atoms. The molecule has 0 fully saturated rings. The van der Waals surface area contributed by atoms with Crippen LogP contribution in [0.4, 0.5) is 0 Å². The Labute approximate surface area is 154 Å². The highest BCUT2D eigenvalue weighted by atomic mass is 35.5. The third kappa shape index (κ3) is 4.78. The number of nitrogens with zero attached hydrogens (tertiary/aromatic N) is 2. The van der Waals surface area contributed by atoms with Crippen LogP contribution in [0.3, 0.4) is 0 Å². The van der Waals surface area contributed by atoms with Crippen LogP contribution in [-0.4, -0.2) is 37.3 Å². The van der Waals surface area contributed by atoms with Crippen LogP contribution in [0.15, 0.2) is 40.5 Å². The number of halogens is 1. The molecule has 1 aromatic carbocycles. The van der Waals surface area contributed by atoms with Gasteiger partial charge in [-0.25, -0.2) is 0 Å². The minimum atomic E-state index is -1.37. The van der Waals surface area contributed by atoms with Crippen LogP contribution in [0, 0.1) is 0 Å². The molecule has 6 nitrogen and oxygen atoms in total. The van der Waals surface area contributed by atoms with Crippen LogP contribution in [0.1, 0.15) is 32.0 Å². The Morgan fingerprint density at radius 2 is 1.96 bits per heavy atom. The molecule has 8 heteroatoms. The number of hydrogen-bond acceptors (Lipinski definition) is 6. The van der Waals surface area contributed by atoms with E-state index in [1.165, 1.54) is 30.7 Å². The highest BCUT2D eigenvalue weighted by molar-refractivity contribution is 7.90. The Kier molecular flexibility index (Phi) is 5.82. The molecule has 2 rings (SSSR count). The lowest BCUT2D eigenvalue weighted by atomic mass is 10.0. The van der Waals surface area contributed by atoms with Crippen molar-refractivity contribution in [3.8, 4) is 11.5 Å². The van der Waals surface area contributed by atoms with Crippen LogP contribution in [0.25, 0.3) is 0 Å². The van der Waals surface area contributed by atoms with Crippen LogP contribution in [0.5, 0.6) is 11.5 Å². The van der Waals surface area contributed by atoms with Gasteiger partial charge in [0.15, 0.2) is 4.90 Å². The summed E-state index contributed by atoms with van der Waals surface area (Å²) in [5.41, 5.74) is -0.151. The average Bonchev–Trinajstić information content (AvgIpc) is 2.50. The molecule has 0 saturated carbocycles.